The number of hydrogen-bond acceptors (Lipinski definition) is 4. The second-order valence-corrected chi connectivity index (χ2v) is 7.73. The first-order chi connectivity index (χ1) is 8.49. The zero-order chi connectivity index (χ0) is 13.2. The lowest BCUT2D eigenvalue weighted by Gasteiger charge is -2.21. The van der Waals surface area contributed by atoms with Gasteiger partial charge in [-0.3, -0.25) is 4.79 Å². The number of aromatic amines is 1. The lowest BCUT2D eigenvalue weighted by molar-refractivity contribution is 0.357. The molecule has 1 fully saturated rings. The fourth-order valence-corrected chi connectivity index (χ4v) is 4.79. The summed E-state index contributed by atoms with van der Waals surface area (Å²) in [6, 6.07) is 0. The zero-order valence-corrected chi connectivity index (χ0v) is 12.0. The smallest absolute Gasteiger partial charge is 0.305 e. The van der Waals surface area contributed by atoms with Gasteiger partial charge in [-0.1, -0.05) is 30.6 Å². The summed E-state index contributed by atoms with van der Waals surface area (Å²) >= 11 is 0.746. The minimum absolute atomic E-state index is 0.114. The minimum atomic E-state index is -3.53. The van der Waals surface area contributed by atoms with Crippen molar-refractivity contribution in [2.45, 2.75) is 43.2 Å². The number of aryl methyl sites for hydroxylation is 1. The molecule has 102 valence electrons. The van der Waals surface area contributed by atoms with E-state index in [-0.39, 0.29) is 9.08 Å². The van der Waals surface area contributed by atoms with Gasteiger partial charge < -0.3 is 4.98 Å². The Kier molecular flexibility index (Phi) is 4.24. The fraction of sp³-hybridized carbons (Fsp3) is 0.727. The zero-order valence-electron chi connectivity index (χ0n) is 10.4. The SMILES string of the molecule is Cc1[nH]c(=O)sc1S(=O)(=O)NCC1CCCCC1. The van der Waals surface area contributed by atoms with Crippen LogP contribution in [-0.4, -0.2) is 19.9 Å². The van der Waals surface area contributed by atoms with Crippen molar-refractivity contribution in [3.05, 3.63) is 15.4 Å². The van der Waals surface area contributed by atoms with E-state index in [0.717, 1.165) is 24.2 Å². The van der Waals surface area contributed by atoms with E-state index in [1.54, 1.807) is 6.92 Å². The Balaban J connectivity index is 2.03. The molecule has 1 aromatic rings. The summed E-state index contributed by atoms with van der Waals surface area (Å²) in [4.78, 5) is 13.3. The quantitative estimate of drug-likeness (QED) is 0.884. The molecular formula is C11H18N2O3S2. The highest BCUT2D eigenvalue weighted by Gasteiger charge is 2.22. The minimum Gasteiger partial charge on any atom is -0.315 e. The summed E-state index contributed by atoms with van der Waals surface area (Å²) < 4.78 is 26.8. The van der Waals surface area contributed by atoms with Crippen molar-refractivity contribution in [1.82, 2.24) is 9.71 Å². The van der Waals surface area contributed by atoms with Crippen LogP contribution in [0.2, 0.25) is 0 Å². The molecule has 2 rings (SSSR count). The molecule has 1 saturated carbocycles. The number of hydrogen-bond donors (Lipinski definition) is 2. The average Bonchev–Trinajstić information content (AvgIpc) is 2.68. The topological polar surface area (TPSA) is 79.0 Å². The summed E-state index contributed by atoms with van der Waals surface area (Å²) in [7, 11) is -3.53. The van der Waals surface area contributed by atoms with Gasteiger partial charge in [-0.25, -0.2) is 13.1 Å². The van der Waals surface area contributed by atoms with Gasteiger partial charge in [0.15, 0.2) is 4.21 Å². The number of thiazole rings is 1. The fourth-order valence-electron chi connectivity index (χ4n) is 2.33. The van der Waals surface area contributed by atoms with Gasteiger partial charge in [-0.2, -0.15) is 0 Å². The van der Waals surface area contributed by atoms with E-state index in [2.05, 4.69) is 9.71 Å². The van der Waals surface area contributed by atoms with Crippen LogP contribution in [0.4, 0.5) is 0 Å². The van der Waals surface area contributed by atoms with Crippen LogP contribution in [-0.2, 0) is 10.0 Å². The molecule has 1 aliphatic carbocycles. The molecule has 0 aliphatic heterocycles. The van der Waals surface area contributed by atoms with E-state index in [0.29, 0.717) is 18.2 Å². The Bertz CT molecular complexity index is 553. The van der Waals surface area contributed by atoms with Gasteiger partial charge >= 0.3 is 4.87 Å². The van der Waals surface area contributed by atoms with Crippen molar-refractivity contribution in [3.8, 4) is 0 Å². The Labute approximate surface area is 111 Å². The third kappa shape index (κ3) is 3.21. The molecule has 0 unspecified atom stereocenters. The molecule has 0 spiro atoms. The van der Waals surface area contributed by atoms with Crippen molar-refractivity contribution in [1.29, 1.82) is 0 Å². The Morgan fingerprint density at radius 3 is 2.56 bits per heavy atom. The maximum atomic E-state index is 12.0. The highest BCUT2D eigenvalue weighted by Crippen LogP contribution is 2.23. The van der Waals surface area contributed by atoms with Crippen LogP contribution < -0.4 is 9.60 Å². The van der Waals surface area contributed by atoms with Crippen LogP contribution in [0.25, 0.3) is 0 Å². The number of rotatable bonds is 4. The monoisotopic (exact) mass is 290 g/mol. The van der Waals surface area contributed by atoms with Gasteiger partial charge in [0, 0.05) is 12.2 Å². The van der Waals surface area contributed by atoms with E-state index in [1.807, 2.05) is 0 Å². The lowest BCUT2D eigenvalue weighted by atomic mass is 9.90. The van der Waals surface area contributed by atoms with Crippen LogP contribution >= 0.6 is 11.3 Å². The maximum Gasteiger partial charge on any atom is 0.305 e. The van der Waals surface area contributed by atoms with Crippen LogP contribution in [0, 0.1) is 12.8 Å². The molecule has 0 atom stereocenters. The molecule has 0 amide bonds. The van der Waals surface area contributed by atoms with Gasteiger partial charge in [0.05, 0.1) is 0 Å². The summed E-state index contributed by atoms with van der Waals surface area (Å²) in [5.41, 5.74) is 0.418. The first-order valence-corrected chi connectivity index (χ1v) is 8.48. The molecule has 18 heavy (non-hydrogen) atoms. The van der Waals surface area contributed by atoms with E-state index in [1.165, 1.54) is 19.3 Å². The van der Waals surface area contributed by atoms with Crippen LogP contribution in [0.15, 0.2) is 9.00 Å². The third-order valence-electron chi connectivity index (χ3n) is 3.31. The van der Waals surface area contributed by atoms with Crippen molar-refractivity contribution in [2.75, 3.05) is 6.54 Å². The number of sulfonamides is 1. The van der Waals surface area contributed by atoms with Crippen molar-refractivity contribution >= 4 is 21.4 Å². The molecular weight excluding hydrogens is 272 g/mol. The molecule has 2 N–H and O–H groups in total. The van der Waals surface area contributed by atoms with E-state index in [9.17, 15) is 13.2 Å². The highest BCUT2D eigenvalue weighted by atomic mass is 32.2. The van der Waals surface area contributed by atoms with Gasteiger partial charge in [-0.15, -0.1) is 0 Å². The summed E-state index contributed by atoms with van der Waals surface area (Å²) in [6.07, 6.45) is 5.79. The van der Waals surface area contributed by atoms with Crippen molar-refractivity contribution in [2.24, 2.45) is 5.92 Å². The molecule has 1 heterocycles. The second-order valence-electron chi connectivity index (χ2n) is 4.78. The molecule has 1 aliphatic rings. The van der Waals surface area contributed by atoms with Crippen LogP contribution in [0.1, 0.15) is 37.8 Å². The van der Waals surface area contributed by atoms with Gasteiger partial charge in [-0.05, 0) is 25.7 Å². The van der Waals surface area contributed by atoms with Crippen LogP contribution in [0.5, 0.6) is 0 Å². The van der Waals surface area contributed by atoms with Gasteiger partial charge in [0.25, 0.3) is 10.0 Å². The maximum absolute atomic E-state index is 12.0. The van der Waals surface area contributed by atoms with E-state index in [4.69, 9.17) is 0 Å². The van der Waals surface area contributed by atoms with Crippen molar-refractivity contribution < 1.29 is 8.42 Å². The van der Waals surface area contributed by atoms with Gasteiger partial charge in [0.2, 0.25) is 0 Å². The molecule has 0 radical (unpaired) electrons. The predicted octanol–water partition coefficient (Wildman–Crippen LogP) is 1.60. The first kappa shape index (κ1) is 13.8. The Morgan fingerprint density at radius 2 is 2.00 bits per heavy atom. The molecule has 0 aromatic carbocycles. The summed E-state index contributed by atoms with van der Waals surface area (Å²) in [5.74, 6) is 0.435. The van der Waals surface area contributed by atoms with Gasteiger partial charge in [0.1, 0.15) is 0 Å². The normalized spacial score (nSPS) is 18.1. The molecule has 1 aromatic heterocycles. The summed E-state index contributed by atoms with van der Waals surface area (Å²) in [5, 5.41) is 0. The third-order valence-corrected chi connectivity index (χ3v) is 6.34. The number of nitrogens with one attached hydrogen (secondary N) is 2. The average molecular weight is 290 g/mol. The van der Waals surface area contributed by atoms with E-state index >= 15 is 0 Å². The summed E-state index contributed by atoms with van der Waals surface area (Å²) in [6.45, 7) is 2.08. The first-order valence-electron chi connectivity index (χ1n) is 6.18. The van der Waals surface area contributed by atoms with Crippen molar-refractivity contribution in [3.63, 3.8) is 0 Å². The Hall–Kier alpha value is -0.660. The largest absolute Gasteiger partial charge is 0.315 e. The van der Waals surface area contributed by atoms with Crippen LogP contribution in [0.3, 0.4) is 0 Å². The molecule has 0 saturated heterocycles. The lowest BCUT2D eigenvalue weighted by Crippen LogP contribution is -2.30. The predicted molar refractivity (Wildman–Crippen MR) is 71.4 cm³/mol. The number of H-pyrrole nitrogens is 1. The van der Waals surface area contributed by atoms with E-state index < -0.39 is 10.0 Å². The second kappa shape index (κ2) is 5.54. The number of aromatic nitrogens is 1. The Morgan fingerprint density at radius 1 is 1.33 bits per heavy atom. The highest BCUT2D eigenvalue weighted by molar-refractivity contribution is 7.91. The molecule has 0 bridgehead atoms. The molecule has 7 heteroatoms. The molecule has 5 nitrogen and oxygen atoms in total. The standard InChI is InChI=1S/C11H18N2O3S2/c1-8-10(17-11(14)13-8)18(15,16)12-7-9-5-3-2-4-6-9/h9,12H,2-7H2,1H3,(H,13,14).